The summed E-state index contributed by atoms with van der Waals surface area (Å²) in [6, 6.07) is 5.06. The molecule has 2 aliphatic rings. The molecule has 0 aromatic carbocycles. The molecular weight excluding hydrogens is 276 g/mol. The van der Waals surface area contributed by atoms with Crippen LogP contribution in [0.1, 0.15) is 45.4 Å². The van der Waals surface area contributed by atoms with Crippen molar-refractivity contribution in [2.75, 3.05) is 19.6 Å². The fraction of sp³-hybridized carbons (Fsp3) is 0.778. The van der Waals surface area contributed by atoms with Gasteiger partial charge in [-0.3, -0.25) is 4.90 Å². The van der Waals surface area contributed by atoms with Gasteiger partial charge in [0.2, 0.25) is 0 Å². The van der Waals surface area contributed by atoms with Gasteiger partial charge in [-0.1, -0.05) is 26.8 Å². The summed E-state index contributed by atoms with van der Waals surface area (Å²) in [6.07, 6.45) is 4.05. The Morgan fingerprint density at radius 1 is 1.38 bits per heavy atom. The van der Waals surface area contributed by atoms with Crippen LogP contribution in [-0.2, 0) is 6.42 Å². The van der Waals surface area contributed by atoms with Crippen molar-refractivity contribution in [1.82, 2.24) is 10.2 Å². The van der Waals surface area contributed by atoms with Crippen molar-refractivity contribution >= 4 is 11.3 Å². The van der Waals surface area contributed by atoms with Crippen LogP contribution in [-0.4, -0.2) is 36.1 Å². The lowest BCUT2D eigenvalue weighted by atomic mass is 9.81. The molecule has 2 fully saturated rings. The number of piperazine rings is 1. The molecule has 0 amide bonds. The Hall–Kier alpha value is -0.380. The molecule has 1 N–H and O–H groups in total. The van der Waals surface area contributed by atoms with E-state index in [0.717, 1.165) is 12.5 Å². The van der Waals surface area contributed by atoms with Crippen LogP contribution in [0.25, 0.3) is 0 Å². The molecule has 3 rings (SSSR count). The van der Waals surface area contributed by atoms with Crippen LogP contribution in [0.5, 0.6) is 0 Å². The summed E-state index contributed by atoms with van der Waals surface area (Å²) in [4.78, 5) is 4.33. The molecule has 0 bridgehead atoms. The summed E-state index contributed by atoms with van der Waals surface area (Å²) in [5, 5.41) is 6.05. The van der Waals surface area contributed by atoms with Gasteiger partial charge >= 0.3 is 0 Å². The third-order valence-electron chi connectivity index (χ3n) is 5.54. The zero-order chi connectivity index (χ0) is 15.1. The monoisotopic (exact) mass is 306 g/mol. The van der Waals surface area contributed by atoms with E-state index in [2.05, 4.69) is 55.4 Å². The normalized spacial score (nSPS) is 31.5. The molecule has 2 nitrogen and oxygen atoms in total. The maximum absolute atomic E-state index is 3.86. The van der Waals surface area contributed by atoms with Crippen molar-refractivity contribution in [1.29, 1.82) is 0 Å². The Balaban J connectivity index is 1.70. The number of rotatable bonds is 4. The minimum Gasteiger partial charge on any atom is -0.310 e. The standard InChI is InChI=1S/C18H30N2S/c1-17(2,3)16-12-20(10-9-15-6-5-11-21-15)18(4,13-19-16)14-7-8-14/h5-6,11,14,16,19H,7-10,12-13H2,1-4H3. The van der Waals surface area contributed by atoms with Gasteiger partial charge in [-0.05, 0) is 49.0 Å². The molecule has 0 radical (unpaired) electrons. The highest BCUT2D eigenvalue weighted by atomic mass is 32.1. The van der Waals surface area contributed by atoms with Crippen LogP contribution in [0.15, 0.2) is 17.5 Å². The van der Waals surface area contributed by atoms with Crippen molar-refractivity contribution in [3.63, 3.8) is 0 Å². The highest BCUT2D eigenvalue weighted by molar-refractivity contribution is 7.09. The fourth-order valence-corrected chi connectivity index (χ4v) is 4.37. The molecule has 1 saturated heterocycles. The lowest BCUT2D eigenvalue weighted by Gasteiger charge is -2.51. The Morgan fingerprint density at radius 3 is 2.71 bits per heavy atom. The lowest BCUT2D eigenvalue weighted by molar-refractivity contribution is 0.0115. The van der Waals surface area contributed by atoms with Gasteiger partial charge in [-0.2, -0.15) is 0 Å². The first-order chi connectivity index (χ1) is 9.89. The first kappa shape index (κ1) is 15.5. The van der Waals surface area contributed by atoms with E-state index in [0.29, 0.717) is 17.0 Å². The third-order valence-corrected chi connectivity index (χ3v) is 6.48. The van der Waals surface area contributed by atoms with Crippen LogP contribution in [0.4, 0.5) is 0 Å². The summed E-state index contributed by atoms with van der Waals surface area (Å²) in [7, 11) is 0. The molecule has 2 unspecified atom stereocenters. The van der Waals surface area contributed by atoms with Crippen LogP contribution in [0.3, 0.4) is 0 Å². The summed E-state index contributed by atoms with van der Waals surface area (Å²) in [5.74, 6) is 0.911. The third kappa shape index (κ3) is 3.35. The summed E-state index contributed by atoms with van der Waals surface area (Å²) in [6.45, 7) is 13.1. The topological polar surface area (TPSA) is 15.3 Å². The lowest BCUT2D eigenvalue weighted by Crippen LogP contribution is -2.67. The zero-order valence-electron chi connectivity index (χ0n) is 14.0. The van der Waals surface area contributed by atoms with Gasteiger partial charge in [-0.25, -0.2) is 0 Å². The molecule has 0 spiro atoms. The number of hydrogen-bond donors (Lipinski definition) is 1. The predicted octanol–water partition coefficient (Wildman–Crippen LogP) is 3.78. The molecular formula is C18H30N2S. The van der Waals surface area contributed by atoms with Crippen molar-refractivity contribution in [2.45, 2.75) is 58.5 Å². The Kier molecular flexibility index (Phi) is 4.19. The van der Waals surface area contributed by atoms with E-state index < -0.39 is 0 Å². The van der Waals surface area contributed by atoms with E-state index in [1.807, 2.05) is 11.3 Å². The second-order valence-corrected chi connectivity index (χ2v) is 9.24. The molecule has 21 heavy (non-hydrogen) atoms. The summed E-state index contributed by atoms with van der Waals surface area (Å²) < 4.78 is 0. The SMILES string of the molecule is CC(C)(C)C1CN(CCc2cccs2)C(C)(C2CC2)CN1. The average Bonchev–Trinajstić information content (AvgIpc) is 3.15. The molecule has 1 saturated carbocycles. The van der Waals surface area contributed by atoms with Gasteiger partial charge < -0.3 is 5.32 Å². The number of nitrogens with zero attached hydrogens (tertiary/aromatic N) is 1. The predicted molar refractivity (Wildman–Crippen MR) is 92.0 cm³/mol. The Labute approximate surface area is 133 Å². The van der Waals surface area contributed by atoms with Gasteiger partial charge in [0.05, 0.1) is 0 Å². The zero-order valence-corrected chi connectivity index (χ0v) is 14.8. The van der Waals surface area contributed by atoms with Crippen molar-refractivity contribution in [3.8, 4) is 0 Å². The highest BCUT2D eigenvalue weighted by Crippen LogP contribution is 2.44. The van der Waals surface area contributed by atoms with Crippen molar-refractivity contribution in [3.05, 3.63) is 22.4 Å². The number of thiophene rings is 1. The van der Waals surface area contributed by atoms with Crippen molar-refractivity contribution in [2.24, 2.45) is 11.3 Å². The van der Waals surface area contributed by atoms with Gasteiger partial charge in [0.25, 0.3) is 0 Å². The van der Waals surface area contributed by atoms with Crippen LogP contribution in [0, 0.1) is 11.3 Å². The minimum absolute atomic E-state index is 0.339. The van der Waals surface area contributed by atoms with E-state index in [9.17, 15) is 0 Å². The second kappa shape index (κ2) is 5.68. The van der Waals surface area contributed by atoms with Gasteiger partial charge in [0.15, 0.2) is 0 Å². The molecule has 1 aliphatic heterocycles. The fourth-order valence-electron chi connectivity index (χ4n) is 3.67. The molecule has 3 heteroatoms. The van der Waals surface area contributed by atoms with E-state index in [-0.39, 0.29) is 0 Å². The average molecular weight is 307 g/mol. The molecule has 1 aliphatic carbocycles. The summed E-state index contributed by atoms with van der Waals surface area (Å²) in [5.41, 5.74) is 0.713. The molecule has 2 atom stereocenters. The molecule has 118 valence electrons. The van der Waals surface area contributed by atoms with Gasteiger partial charge in [0.1, 0.15) is 0 Å². The number of hydrogen-bond acceptors (Lipinski definition) is 3. The van der Waals surface area contributed by atoms with E-state index >= 15 is 0 Å². The van der Waals surface area contributed by atoms with Crippen LogP contribution < -0.4 is 5.32 Å². The largest absolute Gasteiger partial charge is 0.310 e. The van der Waals surface area contributed by atoms with Gasteiger partial charge in [0, 0.05) is 36.1 Å². The Morgan fingerprint density at radius 2 is 2.14 bits per heavy atom. The molecule has 1 aromatic rings. The van der Waals surface area contributed by atoms with Gasteiger partial charge in [-0.15, -0.1) is 11.3 Å². The molecule has 2 heterocycles. The van der Waals surface area contributed by atoms with Crippen LogP contribution >= 0.6 is 11.3 Å². The smallest absolute Gasteiger partial charge is 0.0334 e. The Bertz CT molecular complexity index is 458. The van der Waals surface area contributed by atoms with Crippen LogP contribution in [0.2, 0.25) is 0 Å². The minimum atomic E-state index is 0.339. The first-order valence-corrected chi connectivity index (χ1v) is 9.28. The van der Waals surface area contributed by atoms with Crippen molar-refractivity contribution < 1.29 is 0 Å². The second-order valence-electron chi connectivity index (χ2n) is 8.21. The molecule has 1 aromatic heterocycles. The van der Waals surface area contributed by atoms with E-state index in [1.165, 1.54) is 37.2 Å². The maximum Gasteiger partial charge on any atom is 0.0334 e. The maximum atomic E-state index is 3.86. The summed E-state index contributed by atoms with van der Waals surface area (Å²) >= 11 is 1.90. The van der Waals surface area contributed by atoms with E-state index in [1.54, 1.807) is 0 Å². The van der Waals surface area contributed by atoms with E-state index in [4.69, 9.17) is 0 Å². The highest BCUT2D eigenvalue weighted by Gasteiger charge is 2.49. The number of nitrogens with one attached hydrogen (secondary N) is 1. The first-order valence-electron chi connectivity index (χ1n) is 8.40. The quantitative estimate of drug-likeness (QED) is 0.911.